The maximum atomic E-state index is 13.7. The number of hydrogen-bond donors (Lipinski definition) is 1. The van der Waals surface area contributed by atoms with E-state index in [1.165, 1.54) is 24.1 Å². The summed E-state index contributed by atoms with van der Waals surface area (Å²) in [5.41, 5.74) is 0.107. The number of halogens is 1. The average molecular weight is 567 g/mol. The number of nitro benzene ring substituents is 1. The first-order valence-electron chi connectivity index (χ1n) is 12.0. The number of methoxy groups -OCH3 is 1. The minimum absolute atomic E-state index is 0.0116. The summed E-state index contributed by atoms with van der Waals surface area (Å²) in [6.45, 7) is 0.853. The van der Waals surface area contributed by atoms with Gasteiger partial charge in [0.05, 0.1) is 18.3 Å². The van der Waals surface area contributed by atoms with E-state index < -0.39 is 33.4 Å². The highest BCUT2D eigenvalue weighted by Crippen LogP contribution is 2.34. The number of nitrogens with one attached hydrogen (secondary N) is 1. The second kappa shape index (κ2) is 12.4. The Balaban J connectivity index is 1.97. The molecule has 11 nitrogen and oxygen atoms in total. The van der Waals surface area contributed by atoms with Gasteiger partial charge in [-0.2, -0.15) is 0 Å². The van der Waals surface area contributed by atoms with Gasteiger partial charge in [0, 0.05) is 29.7 Å². The fraction of sp³-hybridized carbons (Fsp3) is 0.440. The Bertz CT molecular complexity index is 1300. The topological polar surface area (TPSA) is 139 Å². The van der Waals surface area contributed by atoms with Crippen molar-refractivity contribution in [3.8, 4) is 5.75 Å². The van der Waals surface area contributed by atoms with E-state index in [2.05, 4.69) is 5.32 Å². The summed E-state index contributed by atoms with van der Waals surface area (Å²) in [6, 6.07) is 9.33. The summed E-state index contributed by atoms with van der Waals surface area (Å²) >= 11 is 6.12. The Morgan fingerprint density at radius 1 is 1.21 bits per heavy atom. The van der Waals surface area contributed by atoms with Gasteiger partial charge in [-0.05, 0) is 43.5 Å². The third kappa shape index (κ3) is 7.35. The second-order valence-corrected chi connectivity index (χ2v) is 11.5. The van der Waals surface area contributed by atoms with Gasteiger partial charge in [-0.25, -0.2) is 8.42 Å². The maximum absolute atomic E-state index is 13.7. The minimum Gasteiger partial charge on any atom is -0.495 e. The number of benzene rings is 2. The first-order valence-corrected chi connectivity index (χ1v) is 14.3. The molecule has 13 heteroatoms. The molecule has 38 heavy (non-hydrogen) atoms. The highest BCUT2D eigenvalue weighted by atomic mass is 35.5. The molecule has 1 atom stereocenters. The quantitative estimate of drug-likeness (QED) is 0.324. The molecule has 3 rings (SSSR count). The van der Waals surface area contributed by atoms with Crippen LogP contribution in [-0.4, -0.2) is 62.0 Å². The van der Waals surface area contributed by atoms with Gasteiger partial charge in [-0.3, -0.25) is 24.0 Å². The Morgan fingerprint density at radius 3 is 2.47 bits per heavy atom. The first-order chi connectivity index (χ1) is 17.9. The Hall–Kier alpha value is -3.38. The van der Waals surface area contributed by atoms with Crippen LogP contribution in [0.1, 0.15) is 38.2 Å². The normalized spacial score (nSPS) is 14.5. The van der Waals surface area contributed by atoms with Crippen LogP contribution in [0, 0.1) is 10.1 Å². The fourth-order valence-corrected chi connectivity index (χ4v) is 5.45. The van der Waals surface area contributed by atoms with E-state index in [0.29, 0.717) is 10.6 Å². The van der Waals surface area contributed by atoms with E-state index in [1.54, 1.807) is 31.2 Å². The van der Waals surface area contributed by atoms with E-state index in [9.17, 15) is 28.1 Å². The number of nitro groups is 1. The van der Waals surface area contributed by atoms with Gasteiger partial charge in [0.25, 0.3) is 5.69 Å². The highest BCUT2D eigenvalue weighted by molar-refractivity contribution is 7.92. The van der Waals surface area contributed by atoms with Crippen LogP contribution in [0.4, 0.5) is 11.4 Å². The number of carbonyl (C=O) groups is 2. The number of non-ortho nitro benzene ring substituents is 1. The van der Waals surface area contributed by atoms with Crippen LogP contribution < -0.4 is 14.4 Å². The molecule has 0 spiro atoms. The van der Waals surface area contributed by atoms with Crippen molar-refractivity contribution < 1.29 is 27.7 Å². The number of amides is 2. The van der Waals surface area contributed by atoms with Gasteiger partial charge in [0.1, 0.15) is 24.0 Å². The van der Waals surface area contributed by atoms with Crippen molar-refractivity contribution in [2.75, 3.05) is 24.2 Å². The highest BCUT2D eigenvalue weighted by Gasteiger charge is 2.33. The maximum Gasteiger partial charge on any atom is 0.271 e. The fourth-order valence-electron chi connectivity index (χ4n) is 4.39. The number of hydrogen-bond acceptors (Lipinski definition) is 7. The van der Waals surface area contributed by atoms with Crippen molar-refractivity contribution in [2.24, 2.45) is 0 Å². The van der Waals surface area contributed by atoms with Crippen LogP contribution >= 0.6 is 11.6 Å². The van der Waals surface area contributed by atoms with E-state index in [-0.39, 0.29) is 35.6 Å². The molecular formula is C25H31ClN4O7S. The molecule has 0 unspecified atom stereocenters. The van der Waals surface area contributed by atoms with Gasteiger partial charge in [-0.15, -0.1) is 0 Å². The molecule has 0 saturated heterocycles. The molecule has 0 heterocycles. The minimum atomic E-state index is -4.10. The SMILES string of the molecule is COc1ccc([N+](=O)[O-])cc1N(CC(=O)N(Cc1cccc(Cl)c1)[C@H](C)C(=O)NC1CCCC1)S(C)(=O)=O. The molecule has 1 aliphatic carbocycles. The largest absolute Gasteiger partial charge is 0.495 e. The van der Waals surface area contributed by atoms with Crippen molar-refractivity contribution in [2.45, 2.75) is 51.2 Å². The molecule has 1 aliphatic rings. The van der Waals surface area contributed by atoms with E-state index in [1.807, 2.05) is 0 Å². The molecule has 0 radical (unpaired) electrons. The van der Waals surface area contributed by atoms with Crippen molar-refractivity contribution >= 4 is 44.8 Å². The van der Waals surface area contributed by atoms with Gasteiger partial charge in [0.15, 0.2) is 0 Å². The van der Waals surface area contributed by atoms with Gasteiger partial charge in [-0.1, -0.05) is 36.6 Å². The first kappa shape index (κ1) is 29.2. The molecule has 1 saturated carbocycles. The number of anilines is 1. The third-order valence-electron chi connectivity index (χ3n) is 6.43. The number of sulfonamides is 1. The van der Waals surface area contributed by atoms with Crippen molar-refractivity contribution in [3.05, 3.63) is 63.2 Å². The number of ether oxygens (including phenoxy) is 1. The molecule has 2 amide bonds. The molecule has 206 valence electrons. The van der Waals surface area contributed by atoms with Crippen LogP contribution in [0.15, 0.2) is 42.5 Å². The molecule has 0 aromatic heterocycles. The van der Waals surface area contributed by atoms with E-state index in [0.717, 1.165) is 42.3 Å². The lowest BCUT2D eigenvalue weighted by atomic mass is 10.1. The zero-order chi connectivity index (χ0) is 28.0. The summed E-state index contributed by atoms with van der Waals surface area (Å²) in [6.07, 6.45) is 4.62. The summed E-state index contributed by atoms with van der Waals surface area (Å²) in [7, 11) is -2.82. The lowest BCUT2D eigenvalue weighted by Gasteiger charge is -2.32. The van der Waals surface area contributed by atoms with Crippen LogP contribution in [0.25, 0.3) is 0 Å². The molecule has 2 aromatic rings. The van der Waals surface area contributed by atoms with Crippen LogP contribution in [0.3, 0.4) is 0 Å². The van der Waals surface area contributed by atoms with Crippen molar-refractivity contribution in [3.63, 3.8) is 0 Å². The van der Waals surface area contributed by atoms with Gasteiger partial charge in [0.2, 0.25) is 21.8 Å². The number of nitrogens with zero attached hydrogens (tertiary/aromatic N) is 3. The molecule has 0 aliphatic heterocycles. The second-order valence-electron chi connectivity index (χ2n) is 9.20. The van der Waals surface area contributed by atoms with Crippen LogP contribution in [-0.2, 0) is 26.2 Å². The van der Waals surface area contributed by atoms with Gasteiger partial charge >= 0.3 is 0 Å². The lowest BCUT2D eigenvalue weighted by molar-refractivity contribution is -0.384. The van der Waals surface area contributed by atoms with E-state index >= 15 is 0 Å². The zero-order valence-electron chi connectivity index (χ0n) is 21.4. The predicted octanol–water partition coefficient (Wildman–Crippen LogP) is 3.50. The summed E-state index contributed by atoms with van der Waals surface area (Å²) < 4.78 is 31.6. The van der Waals surface area contributed by atoms with Crippen molar-refractivity contribution in [1.82, 2.24) is 10.2 Å². The standard InChI is InChI=1S/C25H31ClN4O7S/c1-17(25(32)27-20-9-4-5-10-20)28(15-18-7-6-8-19(26)13-18)24(31)16-29(38(3,35)36)22-14-21(30(33)34)11-12-23(22)37-2/h6-8,11-14,17,20H,4-5,9-10,15-16H2,1-3H3,(H,27,32)/t17-/m1/s1. The Kier molecular flexibility index (Phi) is 9.55. The molecule has 1 fully saturated rings. The Morgan fingerprint density at radius 2 is 1.89 bits per heavy atom. The summed E-state index contributed by atoms with van der Waals surface area (Å²) in [4.78, 5) is 38.8. The molecule has 1 N–H and O–H groups in total. The molecule has 2 aromatic carbocycles. The smallest absolute Gasteiger partial charge is 0.271 e. The van der Waals surface area contributed by atoms with Crippen LogP contribution in [0.5, 0.6) is 5.75 Å². The average Bonchev–Trinajstić information content (AvgIpc) is 3.37. The predicted molar refractivity (Wildman–Crippen MR) is 144 cm³/mol. The molecule has 0 bridgehead atoms. The molecular weight excluding hydrogens is 536 g/mol. The van der Waals surface area contributed by atoms with Crippen LogP contribution in [0.2, 0.25) is 5.02 Å². The third-order valence-corrected chi connectivity index (χ3v) is 7.79. The van der Waals surface area contributed by atoms with Crippen molar-refractivity contribution in [1.29, 1.82) is 0 Å². The monoisotopic (exact) mass is 566 g/mol. The van der Waals surface area contributed by atoms with Gasteiger partial charge < -0.3 is 15.0 Å². The van der Waals surface area contributed by atoms with E-state index in [4.69, 9.17) is 16.3 Å². The number of rotatable bonds is 11. The number of carbonyl (C=O) groups excluding carboxylic acids is 2. The lowest BCUT2D eigenvalue weighted by Crippen LogP contribution is -2.52. The Labute approximate surface area is 226 Å². The zero-order valence-corrected chi connectivity index (χ0v) is 23.0. The summed E-state index contributed by atoms with van der Waals surface area (Å²) in [5.74, 6) is -1.01. The summed E-state index contributed by atoms with van der Waals surface area (Å²) in [5, 5.41) is 14.8.